The van der Waals surface area contributed by atoms with Crippen LogP contribution in [0.3, 0.4) is 0 Å². The van der Waals surface area contributed by atoms with Crippen molar-refractivity contribution in [1.29, 1.82) is 0 Å². The van der Waals surface area contributed by atoms with Crippen LogP contribution in [-0.2, 0) is 6.42 Å². The molecule has 4 heteroatoms. The third-order valence-corrected chi connectivity index (χ3v) is 4.06. The third kappa shape index (κ3) is 5.18. The highest BCUT2D eigenvalue weighted by molar-refractivity contribution is 5.57. The van der Waals surface area contributed by atoms with E-state index >= 15 is 0 Å². The SMILES string of the molecule is CCCc1nc(NCC)c(C)c(NCC(C)C(C)(C)C)n1. The van der Waals surface area contributed by atoms with Gasteiger partial charge < -0.3 is 10.6 Å². The smallest absolute Gasteiger partial charge is 0.134 e. The molecule has 1 unspecified atom stereocenters. The lowest BCUT2D eigenvalue weighted by Gasteiger charge is -2.28. The third-order valence-electron chi connectivity index (χ3n) is 4.06. The van der Waals surface area contributed by atoms with Gasteiger partial charge in [0, 0.05) is 25.1 Å². The van der Waals surface area contributed by atoms with Gasteiger partial charge in [-0.1, -0.05) is 34.6 Å². The number of aromatic nitrogens is 2. The molecule has 0 spiro atoms. The molecule has 2 N–H and O–H groups in total. The molecule has 4 nitrogen and oxygen atoms in total. The van der Waals surface area contributed by atoms with Gasteiger partial charge in [-0.3, -0.25) is 0 Å². The molecule has 1 rings (SSSR count). The molecule has 0 aliphatic heterocycles. The largest absolute Gasteiger partial charge is 0.370 e. The van der Waals surface area contributed by atoms with Gasteiger partial charge in [-0.2, -0.15) is 0 Å². The van der Waals surface area contributed by atoms with Gasteiger partial charge in [0.2, 0.25) is 0 Å². The van der Waals surface area contributed by atoms with Crippen molar-refractivity contribution in [1.82, 2.24) is 9.97 Å². The first-order valence-electron chi connectivity index (χ1n) is 8.14. The van der Waals surface area contributed by atoms with Gasteiger partial charge in [0.1, 0.15) is 17.5 Å². The van der Waals surface area contributed by atoms with E-state index in [0.717, 1.165) is 49.0 Å². The molecule has 1 heterocycles. The number of rotatable bonds is 7. The molecule has 0 aromatic carbocycles. The molecule has 0 aliphatic carbocycles. The highest BCUT2D eigenvalue weighted by Gasteiger charge is 2.20. The molecule has 0 amide bonds. The Labute approximate surface area is 130 Å². The predicted molar refractivity (Wildman–Crippen MR) is 92.0 cm³/mol. The molecule has 0 saturated carbocycles. The van der Waals surface area contributed by atoms with Crippen molar-refractivity contribution in [3.8, 4) is 0 Å². The van der Waals surface area contributed by atoms with E-state index in [2.05, 4.69) is 64.1 Å². The molecular weight excluding hydrogens is 260 g/mol. The lowest BCUT2D eigenvalue weighted by atomic mass is 9.82. The zero-order chi connectivity index (χ0) is 16.0. The number of nitrogens with zero attached hydrogens (tertiary/aromatic N) is 2. The fourth-order valence-electron chi connectivity index (χ4n) is 1.97. The van der Waals surface area contributed by atoms with Crippen molar-refractivity contribution in [2.24, 2.45) is 11.3 Å². The summed E-state index contributed by atoms with van der Waals surface area (Å²) in [4.78, 5) is 9.32. The Kier molecular flexibility index (Phi) is 6.43. The zero-order valence-corrected chi connectivity index (χ0v) is 14.8. The maximum atomic E-state index is 4.70. The number of hydrogen-bond acceptors (Lipinski definition) is 4. The van der Waals surface area contributed by atoms with Gasteiger partial charge >= 0.3 is 0 Å². The minimum absolute atomic E-state index is 0.296. The second kappa shape index (κ2) is 7.62. The van der Waals surface area contributed by atoms with Crippen molar-refractivity contribution in [3.63, 3.8) is 0 Å². The van der Waals surface area contributed by atoms with Crippen LogP contribution in [0.2, 0.25) is 0 Å². The highest BCUT2D eigenvalue weighted by atomic mass is 15.1. The lowest BCUT2D eigenvalue weighted by Crippen LogP contribution is -2.25. The van der Waals surface area contributed by atoms with Crippen LogP contribution >= 0.6 is 0 Å². The van der Waals surface area contributed by atoms with Crippen molar-refractivity contribution in [3.05, 3.63) is 11.4 Å². The van der Waals surface area contributed by atoms with E-state index in [-0.39, 0.29) is 0 Å². The molecule has 1 atom stereocenters. The maximum Gasteiger partial charge on any atom is 0.134 e. The van der Waals surface area contributed by atoms with Crippen molar-refractivity contribution in [2.75, 3.05) is 23.7 Å². The Bertz CT molecular complexity index is 449. The molecule has 120 valence electrons. The van der Waals surface area contributed by atoms with Crippen molar-refractivity contribution >= 4 is 11.6 Å². The second-order valence-electron chi connectivity index (χ2n) is 6.89. The summed E-state index contributed by atoms with van der Waals surface area (Å²) >= 11 is 0. The van der Waals surface area contributed by atoms with E-state index in [0.29, 0.717) is 11.3 Å². The standard InChI is InChI=1S/C17H32N4/c1-8-10-14-20-15(18-9-2)13(4)16(21-14)19-11-12(3)17(5,6)7/h12H,8-11H2,1-7H3,(H2,18,19,20,21). The zero-order valence-electron chi connectivity index (χ0n) is 14.8. The molecule has 0 bridgehead atoms. The second-order valence-corrected chi connectivity index (χ2v) is 6.89. The van der Waals surface area contributed by atoms with Gasteiger partial charge in [0.15, 0.2) is 0 Å². The van der Waals surface area contributed by atoms with Crippen LogP contribution in [0, 0.1) is 18.3 Å². The first kappa shape index (κ1) is 17.7. The summed E-state index contributed by atoms with van der Waals surface area (Å²) in [5.41, 5.74) is 1.41. The molecule has 0 radical (unpaired) electrons. The minimum Gasteiger partial charge on any atom is -0.370 e. The van der Waals surface area contributed by atoms with Crippen LogP contribution < -0.4 is 10.6 Å². The Morgan fingerprint density at radius 3 is 2.10 bits per heavy atom. The van der Waals surface area contributed by atoms with Crippen LogP contribution in [0.1, 0.15) is 59.4 Å². The molecule has 21 heavy (non-hydrogen) atoms. The number of anilines is 2. The Hall–Kier alpha value is -1.32. The molecule has 1 aromatic heterocycles. The van der Waals surface area contributed by atoms with Crippen molar-refractivity contribution < 1.29 is 0 Å². The summed E-state index contributed by atoms with van der Waals surface area (Å²) in [5.74, 6) is 3.43. The van der Waals surface area contributed by atoms with E-state index < -0.39 is 0 Å². The van der Waals surface area contributed by atoms with Gasteiger partial charge in [-0.25, -0.2) is 9.97 Å². The fraction of sp³-hybridized carbons (Fsp3) is 0.765. The van der Waals surface area contributed by atoms with E-state index in [4.69, 9.17) is 4.98 Å². The van der Waals surface area contributed by atoms with E-state index in [1.165, 1.54) is 0 Å². The molecule has 1 aromatic rings. The van der Waals surface area contributed by atoms with Crippen LogP contribution in [0.5, 0.6) is 0 Å². The number of nitrogens with one attached hydrogen (secondary N) is 2. The van der Waals surface area contributed by atoms with E-state index in [9.17, 15) is 0 Å². The topological polar surface area (TPSA) is 49.8 Å². The predicted octanol–water partition coefficient (Wildman–Crippen LogP) is 4.26. The van der Waals surface area contributed by atoms with E-state index in [1.807, 2.05) is 0 Å². The van der Waals surface area contributed by atoms with Gasteiger partial charge in [-0.05, 0) is 31.6 Å². The number of aryl methyl sites for hydroxylation is 1. The summed E-state index contributed by atoms with van der Waals surface area (Å²) in [5, 5.41) is 6.87. The quantitative estimate of drug-likeness (QED) is 0.788. The van der Waals surface area contributed by atoms with Crippen molar-refractivity contribution in [2.45, 2.75) is 61.3 Å². The fourth-order valence-corrected chi connectivity index (χ4v) is 1.97. The number of hydrogen-bond donors (Lipinski definition) is 2. The molecule has 0 fully saturated rings. The van der Waals surface area contributed by atoms with Gasteiger partial charge in [-0.15, -0.1) is 0 Å². The summed E-state index contributed by atoms with van der Waals surface area (Å²) in [7, 11) is 0. The molecule has 0 saturated heterocycles. The van der Waals surface area contributed by atoms with Crippen LogP contribution in [0.25, 0.3) is 0 Å². The van der Waals surface area contributed by atoms with Gasteiger partial charge in [0.25, 0.3) is 0 Å². The summed E-state index contributed by atoms with van der Waals surface area (Å²) in [6.45, 7) is 17.2. The van der Waals surface area contributed by atoms with Crippen LogP contribution in [0.4, 0.5) is 11.6 Å². The average molecular weight is 292 g/mol. The minimum atomic E-state index is 0.296. The summed E-state index contributed by atoms with van der Waals surface area (Å²) in [6, 6.07) is 0. The first-order valence-corrected chi connectivity index (χ1v) is 8.14. The maximum absolute atomic E-state index is 4.70. The summed E-state index contributed by atoms with van der Waals surface area (Å²) < 4.78 is 0. The normalized spacial score (nSPS) is 13.1. The molecule has 0 aliphatic rings. The van der Waals surface area contributed by atoms with Crippen LogP contribution in [-0.4, -0.2) is 23.1 Å². The average Bonchev–Trinajstić information content (AvgIpc) is 2.39. The lowest BCUT2D eigenvalue weighted by molar-refractivity contribution is 0.274. The Balaban J connectivity index is 2.93. The highest BCUT2D eigenvalue weighted by Crippen LogP contribution is 2.27. The molecular formula is C17H32N4. The van der Waals surface area contributed by atoms with Crippen LogP contribution in [0.15, 0.2) is 0 Å². The Morgan fingerprint density at radius 2 is 1.62 bits per heavy atom. The Morgan fingerprint density at radius 1 is 1.05 bits per heavy atom. The summed E-state index contributed by atoms with van der Waals surface area (Å²) in [6.07, 6.45) is 1.98. The van der Waals surface area contributed by atoms with Gasteiger partial charge in [0.05, 0.1) is 0 Å². The first-order chi connectivity index (χ1) is 9.79. The van der Waals surface area contributed by atoms with E-state index in [1.54, 1.807) is 0 Å². The monoisotopic (exact) mass is 292 g/mol.